The zero-order valence-electron chi connectivity index (χ0n) is 16.8. The summed E-state index contributed by atoms with van der Waals surface area (Å²) in [5, 5.41) is 3.81. The van der Waals surface area contributed by atoms with Crippen LogP contribution in [0.5, 0.6) is 0 Å². The van der Waals surface area contributed by atoms with Crippen molar-refractivity contribution in [3.05, 3.63) is 24.3 Å². The van der Waals surface area contributed by atoms with E-state index in [4.69, 9.17) is 0 Å². The molecule has 1 aliphatic heterocycles. The molecule has 0 unspecified atom stereocenters. The monoisotopic (exact) mass is 388 g/mol. The van der Waals surface area contributed by atoms with E-state index in [2.05, 4.69) is 17.4 Å². The molecule has 4 nitrogen and oxygen atoms in total. The van der Waals surface area contributed by atoms with E-state index in [0.717, 1.165) is 23.8 Å². The molecule has 0 radical (unpaired) electrons. The van der Waals surface area contributed by atoms with Gasteiger partial charge in [0.1, 0.15) is 0 Å². The number of hydrogen-bond donors (Lipinski definition) is 1. The summed E-state index contributed by atoms with van der Waals surface area (Å²) in [7, 11) is 0. The van der Waals surface area contributed by atoms with Gasteiger partial charge in [0, 0.05) is 40.3 Å². The highest BCUT2D eigenvalue weighted by Gasteiger charge is 2.32. The van der Waals surface area contributed by atoms with Crippen molar-refractivity contribution in [2.45, 2.75) is 69.4 Å². The maximum absolute atomic E-state index is 12.6. The molecule has 0 atom stereocenters. The van der Waals surface area contributed by atoms with E-state index in [1.165, 1.54) is 30.6 Å². The first-order chi connectivity index (χ1) is 12.8. The van der Waals surface area contributed by atoms with E-state index in [0.29, 0.717) is 13.1 Å². The number of likely N-dealkylation sites (tertiary alicyclic amines) is 1. The molecule has 2 aliphatic rings. The van der Waals surface area contributed by atoms with Gasteiger partial charge in [0.2, 0.25) is 11.8 Å². The van der Waals surface area contributed by atoms with Crippen molar-refractivity contribution in [3.63, 3.8) is 0 Å². The number of piperidine rings is 1. The minimum Gasteiger partial charge on any atom is -0.342 e. The van der Waals surface area contributed by atoms with Crippen molar-refractivity contribution in [2.75, 3.05) is 18.4 Å². The summed E-state index contributed by atoms with van der Waals surface area (Å²) >= 11 is 1.96. The Morgan fingerprint density at radius 3 is 2.15 bits per heavy atom. The van der Waals surface area contributed by atoms with Crippen LogP contribution in [0.2, 0.25) is 0 Å². The van der Waals surface area contributed by atoms with Gasteiger partial charge in [-0.05, 0) is 49.9 Å². The Morgan fingerprint density at radius 2 is 1.59 bits per heavy atom. The molecule has 2 fully saturated rings. The average Bonchev–Trinajstić information content (AvgIpc) is 3.15. The summed E-state index contributed by atoms with van der Waals surface area (Å²) in [6.07, 6.45) is 6.82. The lowest BCUT2D eigenvalue weighted by atomic mass is 9.90. The lowest BCUT2D eigenvalue weighted by molar-refractivity contribution is -0.142. The Balaban J connectivity index is 1.47. The fraction of sp³-hybridized carbons (Fsp3) is 0.636. The maximum atomic E-state index is 12.6. The highest BCUT2D eigenvalue weighted by atomic mass is 32.2. The number of nitrogens with zero attached hydrogens (tertiary/aromatic N) is 1. The van der Waals surface area contributed by atoms with Crippen LogP contribution in [0.4, 0.5) is 5.69 Å². The second-order valence-corrected chi connectivity index (χ2v) is 10.2. The first-order valence-electron chi connectivity index (χ1n) is 10.2. The van der Waals surface area contributed by atoms with Crippen LogP contribution in [-0.4, -0.2) is 35.1 Å². The Kier molecular flexibility index (Phi) is 6.51. The number of carbonyl (C=O) groups is 2. The molecular weight excluding hydrogens is 356 g/mol. The summed E-state index contributed by atoms with van der Waals surface area (Å²) in [5.41, 5.74) is 0.511. The van der Waals surface area contributed by atoms with E-state index >= 15 is 0 Å². The number of rotatable bonds is 4. The van der Waals surface area contributed by atoms with Gasteiger partial charge in [-0.2, -0.15) is 0 Å². The number of thioether (sulfide) groups is 1. The lowest BCUT2D eigenvalue weighted by Crippen LogP contribution is -2.45. The quantitative estimate of drug-likeness (QED) is 0.794. The van der Waals surface area contributed by atoms with Crippen LogP contribution in [0, 0.1) is 11.3 Å². The molecule has 1 saturated heterocycles. The number of hydrogen-bond acceptors (Lipinski definition) is 3. The molecule has 0 bridgehead atoms. The highest BCUT2D eigenvalue weighted by molar-refractivity contribution is 8.00. The van der Waals surface area contributed by atoms with Crippen molar-refractivity contribution in [1.29, 1.82) is 0 Å². The molecule has 2 amide bonds. The minimum atomic E-state index is -0.354. The van der Waals surface area contributed by atoms with E-state index in [-0.39, 0.29) is 23.1 Å². The van der Waals surface area contributed by atoms with Gasteiger partial charge >= 0.3 is 0 Å². The normalized spacial score (nSPS) is 19.3. The van der Waals surface area contributed by atoms with Crippen LogP contribution in [0.3, 0.4) is 0 Å². The van der Waals surface area contributed by atoms with Crippen LogP contribution in [0.25, 0.3) is 0 Å². The molecule has 148 valence electrons. The predicted molar refractivity (Wildman–Crippen MR) is 112 cm³/mol. The number of carbonyl (C=O) groups excluding carboxylic acids is 2. The van der Waals surface area contributed by atoms with E-state index < -0.39 is 0 Å². The topological polar surface area (TPSA) is 49.4 Å². The van der Waals surface area contributed by atoms with Crippen LogP contribution >= 0.6 is 11.8 Å². The third-order valence-electron chi connectivity index (χ3n) is 5.52. The summed E-state index contributed by atoms with van der Waals surface area (Å²) < 4.78 is 0. The van der Waals surface area contributed by atoms with Gasteiger partial charge in [0.15, 0.2) is 0 Å². The molecule has 1 N–H and O–H groups in total. The van der Waals surface area contributed by atoms with Crippen LogP contribution < -0.4 is 5.32 Å². The molecule has 1 aromatic carbocycles. The molecule has 1 saturated carbocycles. The van der Waals surface area contributed by atoms with Gasteiger partial charge in [0.05, 0.1) is 0 Å². The molecule has 27 heavy (non-hydrogen) atoms. The highest BCUT2D eigenvalue weighted by Crippen LogP contribution is 2.35. The van der Waals surface area contributed by atoms with Crippen molar-refractivity contribution < 1.29 is 9.59 Å². The van der Waals surface area contributed by atoms with Crippen molar-refractivity contribution in [1.82, 2.24) is 4.90 Å². The van der Waals surface area contributed by atoms with Crippen molar-refractivity contribution in [2.24, 2.45) is 11.3 Å². The molecule has 0 aromatic heterocycles. The first-order valence-corrected chi connectivity index (χ1v) is 11.1. The Labute approximate surface area is 167 Å². The summed E-state index contributed by atoms with van der Waals surface area (Å²) in [6, 6.07) is 8.24. The van der Waals surface area contributed by atoms with Crippen molar-refractivity contribution >= 4 is 29.3 Å². The largest absolute Gasteiger partial charge is 0.342 e. The van der Waals surface area contributed by atoms with Crippen LogP contribution in [-0.2, 0) is 9.59 Å². The number of amides is 2. The molecule has 5 heteroatoms. The van der Waals surface area contributed by atoms with Crippen LogP contribution in [0.15, 0.2) is 29.2 Å². The summed E-state index contributed by atoms with van der Waals surface area (Å²) in [4.78, 5) is 28.1. The average molecular weight is 389 g/mol. The maximum Gasteiger partial charge on any atom is 0.227 e. The van der Waals surface area contributed by atoms with Crippen molar-refractivity contribution in [3.8, 4) is 0 Å². The minimum absolute atomic E-state index is 0.0124. The molecular formula is C22H32N2O2S. The Morgan fingerprint density at radius 1 is 1.00 bits per heavy atom. The number of nitrogens with one attached hydrogen (secondary N) is 1. The second kappa shape index (κ2) is 8.68. The summed E-state index contributed by atoms with van der Waals surface area (Å²) in [6.45, 7) is 7.19. The number of anilines is 1. The Hall–Kier alpha value is -1.49. The molecule has 1 heterocycles. The zero-order chi connectivity index (χ0) is 19.4. The fourth-order valence-corrected chi connectivity index (χ4v) is 5.13. The van der Waals surface area contributed by atoms with Gasteiger partial charge < -0.3 is 10.2 Å². The van der Waals surface area contributed by atoms with Gasteiger partial charge in [-0.3, -0.25) is 9.59 Å². The SMILES string of the molecule is CC(C)(C)C(=O)N1CCC(C(=O)Nc2ccc(SC3CCCC3)cc2)CC1. The fourth-order valence-electron chi connectivity index (χ4n) is 3.88. The summed E-state index contributed by atoms with van der Waals surface area (Å²) in [5.74, 6) is 0.243. The molecule has 3 rings (SSSR count). The smallest absolute Gasteiger partial charge is 0.227 e. The van der Waals surface area contributed by atoms with Gasteiger partial charge in [-0.1, -0.05) is 33.6 Å². The standard InChI is InChI=1S/C22H32N2O2S/c1-22(2,3)21(26)24-14-12-16(13-15-24)20(25)23-17-8-10-19(11-9-17)27-18-6-4-5-7-18/h8-11,16,18H,4-7,12-15H2,1-3H3,(H,23,25). The van der Waals surface area contributed by atoms with Gasteiger partial charge in [0.25, 0.3) is 0 Å². The molecule has 1 aliphatic carbocycles. The van der Waals surface area contributed by atoms with Gasteiger partial charge in [-0.15, -0.1) is 11.8 Å². The molecule has 0 spiro atoms. The Bertz CT molecular complexity index is 652. The lowest BCUT2D eigenvalue weighted by Gasteiger charge is -2.35. The van der Waals surface area contributed by atoms with Crippen LogP contribution in [0.1, 0.15) is 59.3 Å². The zero-order valence-corrected chi connectivity index (χ0v) is 17.6. The third kappa shape index (κ3) is 5.50. The van der Waals surface area contributed by atoms with E-state index in [9.17, 15) is 9.59 Å². The van der Waals surface area contributed by atoms with E-state index in [1.807, 2.05) is 49.6 Å². The first kappa shape index (κ1) is 20.2. The van der Waals surface area contributed by atoms with E-state index in [1.54, 1.807) is 0 Å². The molecule has 1 aromatic rings. The predicted octanol–water partition coefficient (Wildman–Crippen LogP) is 4.94. The number of benzene rings is 1. The van der Waals surface area contributed by atoms with Gasteiger partial charge in [-0.25, -0.2) is 0 Å². The second-order valence-electron chi connectivity index (χ2n) is 8.85. The third-order valence-corrected chi connectivity index (χ3v) is 6.87.